The van der Waals surface area contributed by atoms with Gasteiger partial charge in [-0.1, -0.05) is 11.3 Å². The first-order valence-corrected chi connectivity index (χ1v) is 10.6. The second-order valence-corrected chi connectivity index (χ2v) is 8.54. The normalized spacial score (nSPS) is 11.0. The summed E-state index contributed by atoms with van der Waals surface area (Å²) in [5.74, 6) is -0.597. The second kappa shape index (κ2) is 8.18. The SMILES string of the molecule is Cc1sc(=O)n(CC(=O)NCc2ccsc2-n2cccc2)c1-c1ccc(F)cc1. The lowest BCUT2D eigenvalue weighted by molar-refractivity contribution is -0.121. The number of thiophene rings is 1. The van der Waals surface area contributed by atoms with Gasteiger partial charge in [0.25, 0.3) is 0 Å². The Kier molecular flexibility index (Phi) is 5.46. The van der Waals surface area contributed by atoms with Gasteiger partial charge in [-0.3, -0.25) is 14.2 Å². The third-order valence-corrected chi connectivity index (χ3v) is 6.39. The summed E-state index contributed by atoms with van der Waals surface area (Å²) in [4.78, 5) is 25.6. The number of benzene rings is 1. The molecule has 0 aliphatic carbocycles. The van der Waals surface area contributed by atoms with Crippen molar-refractivity contribution in [2.45, 2.75) is 20.0 Å². The predicted molar refractivity (Wildman–Crippen MR) is 114 cm³/mol. The molecule has 0 spiro atoms. The number of rotatable bonds is 6. The number of nitrogens with zero attached hydrogens (tertiary/aromatic N) is 2. The van der Waals surface area contributed by atoms with E-state index in [1.54, 1.807) is 23.5 Å². The highest BCUT2D eigenvalue weighted by atomic mass is 32.1. The molecule has 4 aromatic rings. The van der Waals surface area contributed by atoms with Crippen LogP contribution in [0, 0.1) is 12.7 Å². The van der Waals surface area contributed by atoms with E-state index in [2.05, 4.69) is 5.32 Å². The largest absolute Gasteiger partial charge is 0.350 e. The quantitative estimate of drug-likeness (QED) is 0.502. The average molecular weight is 428 g/mol. The first kappa shape index (κ1) is 19.4. The number of aryl methyl sites for hydroxylation is 1. The molecular formula is C21H18FN3O2S2. The van der Waals surface area contributed by atoms with Crippen LogP contribution in [-0.4, -0.2) is 15.0 Å². The van der Waals surface area contributed by atoms with Gasteiger partial charge in [-0.25, -0.2) is 4.39 Å². The van der Waals surface area contributed by atoms with Crippen LogP contribution in [0.2, 0.25) is 0 Å². The minimum absolute atomic E-state index is 0.0845. The molecule has 1 amide bonds. The number of halogens is 1. The van der Waals surface area contributed by atoms with Gasteiger partial charge in [0.05, 0.1) is 5.69 Å². The molecule has 1 N–H and O–H groups in total. The summed E-state index contributed by atoms with van der Waals surface area (Å²) in [6.45, 7) is 2.12. The van der Waals surface area contributed by atoms with Gasteiger partial charge in [0, 0.05) is 29.4 Å². The fourth-order valence-corrected chi connectivity index (χ4v) is 4.93. The number of thiazole rings is 1. The number of hydrogen-bond donors (Lipinski definition) is 1. The van der Waals surface area contributed by atoms with Gasteiger partial charge in [0.15, 0.2) is 0 Å². The van der Waals surface area contributed by atoms with Crippen LogP contribution in [0.3, 0.4) is 0 Å². The summed E-state index contributed by atoms with van der Waals surface area (Å²) in [7, 11) is 0. The van der Waals surface area contributed by atoms with E-state index in [9.17, 15) is 14.0 Å². The first-order chi connectivity index (χ1) is 14.0. The number of hydrogen-bond acceptors (Lipinski definition) is 4. The van der Waals surface area contributed by atoms with Gasteiger partial charge in [-0.15, -0.1) is 11.3 Å². The van der Waals surface area contributed by atoms with Crippen LogP contribution in [0.4, 0.5) is 4.39 Å². The molecule has 8 heteroatoms. The highest BCUT2D eigenvalue weighted by molar-refractivity contribution is 7.12. The van der Waals surface area contributed by atoms with Crippen molar-refractivity contribution in [3.63, 3.8) is 0 Å². The number of carbonyl (C=O) groups excluding carboxylic acids is 1. The van der Waals surface area contributed by atoms with Crippen molar-refractivity contribution < 1.29 is 9.18 Å². The van der Waals surface area contributed by atoms with Gasteiger partial charge in [-0.05, 0) is 60.3 Å². The van der Waals surface area contributed by atoms with E-state index < -0.39 is 0 Å². The Bertz CT molecular complexity index is 1190. The Morgan fingerprint density at radius 2 is 1.86 bits per heavy atom. The van der Waals surface area contributed by atoms with E-state index in [4.69, 9.17) is 0 Å². The van der Waals surface area contributed by atoms with Gasteiger partial charge < -0.3 is 9.88 Å². The van der Waals surface area contributed by atoms with Crippen LogP contribution < -0.4 is 10.2 Å². The van der Waals surface area contributed by atoms with Crippen LogP contribution in [0.1, 0.15) is 10.4 Å². The molecule has 0 saturated heterocycles. The van der Waals surface area contributed by atoms with E-state index in [1.807, 2.05) is 47.5 Å². The van der Waals surface area contributed by atoms with Crippen molar-refractivity contribution in [2.75, 3.05) is 0 Å². The molecule has 0 atom stereocenters. The third kappa shape index (κ3) is 4.08. The number of carbonyl (C=O) groups is 1. The smallest absolute Gasteiger partial charge is 0.308 e. The second-order valence-electron chi connectivity index (χ2n) is 6.48. The van der Waals surface area contributed by atoms with Crippen molar-refractivity contribution >= 4 is 28.6 Å². The van der Waals surface area contributed by atoms with Crippen LogP contribution in [0.25, 0.3) is 16.3 Å². The molecular weight excluding hydrogens is 409 g/mol. The zero-order valence-electron chi connectivity index (χ0n) is 15.6. The minimum atomic E-state index is -0.345. The van der Waals surface area contributed by atoms with Crippen molar-refractivity contribution in [1.82, 2.24) is 14.5 Å². The van der Waals surface area contributed by atoms with Gasteiger partial charge >= 0.3 is 4.87 Å². The van der Waals surface area contributed by atoms with E-state index >= 15 is 0 Å². The standard InChI is InChI=1S/C21H18FN3O2S2/c1-14-19(15-4-6-17(22)7-5-15)25(21(27)29-14)13-18(26)23-12-16-8-11-28-20(16)24-9-2-3-10-24/h2-11H,12-13H2,1H3,(H,23,26). The minimum Gasteiger partial charge on any atom is -0.350 e. The molecule has 1 aromatic carbocycles. The van der Waals surface area contributed by atoms with Gasteiger partial charge in [0.2, 0.25) is 5.91 Å². The Morgan fingerprint density at radius 1 is 1.14 bits per heavy atom. The van der Waals surface area contributed by atoms with E-state index in [-0.39, 0.29) is 23.1 Å². The van der Waals surface area contributed by atoms with Crippen LogP contribution in [-0.2, 0) is 17.9 Å². The maximum Gasteiger partial charge on any atom is 0.308 e. The fraction of sp³-hybridized carbons (Fsp3) is 0.143. The maximum absolute atomic E-state index is 13.3. The Labute approximate surface area is 174 Å². The molecule has 5 nitrogen and oxygen atoms in total. The molecule has 148 valence electrons. The molecule has 0 aliphatic rings. The number of amides is 1. The van der Waals surface area contributed by atoms with Crippen molar-refractivity contribution in [3.05, 3.63) is 86.2 Å². The highest BCUT2D eigenvalue weighted by Crippen LogP contribution is 2.25. The summed E-state index contributed by atoms with van der Waals surface area (Å²) in [5, 5.41) is 5.93. The lowest BCUT2D eigenvalue weighted by Crippen LogP contribution is -2.30. The lowest BCUT2D eigenvalue weighted by Gasteiger charge is -2.11. The summed E-state index contributed by atoms with van der Waals surface area (Å²) in [6.07, 6.45) is 3.92. The van der Waals surface area contributed by atoms with Crippen molar-refractivity contribution in [1.29, 1.82) is 0 Å². The topological polar surface area (TPSA) is 56.0 Å². The molecule has 0 bridgehead atoms. The van der Waals surface area contributed by atoms with Crippen molar-refractivity contribution in [2.24, 2.45) is 0 Å². The van der Waals surface area contributed by atoms with E-state index in [0.717, 1.165) is 26.8 Å². The summed E-state index contributed by atoms with van der Waals surface area (Å²) >= 11 is 2.68. The first-order valence-electron chi connectivity index (χ1n) is 8.95. The molecule has 0 saturated carbocycles. The molecule has 29 heavy (non-hydrogen) atoms. The summed E-state index contributed by atoms with van der Waals surface area (Å²) < 4.78 is 16.7. The Balaban J connectivity index is 1.51. The maximum atomic E-state index is 13.3. The van der Waals surface area contributed by atoms with Gasteiger partial charge in [-0.2, -0.15) is 0 Å². The Hall–Kier alpha value is -2.97. The Morgan fingerprint density at radius 3 is 2.59 bits per heavy atom. The number of nitrogens with one attached hydrogen (secondary N) is 1. The lowest BCUT2D eigenvalue weighted by atomic mass is 10.1. The summed E-state index contributed by atoms with van der Waals surface area (Å²) in [6, 6.07) is 11.8. The van der Waals surface area contributed by atoms with Crippen LogP contribution in [0.5, 0.6) is 0 Å². The van der Waals surface area contributed by atoms with Gasteiger partial charge in [0.1, 0.15) is 17.4 Å². The van der Waals surface area contributed by atoms with Crippen molar-refractivity contribution in [3.8, 4) is 16.3 Å². The zero-order chi connectivity index (χ0) is 20.4. The molecule has 3 aromatic heterocycles. The fourth-order valence-electron chi connectivity index (χ4n) is 3.18. The average Bonchev–Trinajstić information content (AvgIpc) is 3.42. The molecule has 0 aliphatic heterocycles. The highest BCUT2D eigenvalue weighted by Gasteiger charge is 2.17. The monoisotopic (exact) mass is 427 g/mol. The molecule has 3 heterocycles. The predicted octanol–water partition coefficient (Wildman–Crippen LogP) is 4.19. The zero-order valence-corrected chi connectivity index (χ0v) is 17.2. The summed E-state index contributed by atoms with van der Waals surface area (Å²) in [5.41, 5.74) is 2.37. The molecule has 0 radical (unpaired) electrons. The van der Waals surface area contributed by atoms with E-state index in [1.165, 1.54) is 16.7 Å². The van der Waals surface area contributed by atoms with E-state index in [0.29, 0.717) is 17.8 Å². The third-order valence-electron chi connectivity index (χ3n) is 4.52. The number of aromatic nitrogens is 2. The molecule has 4 rings (SSSR count). The molecule has 0 unspecified atom stereocenters. The molecule has 0 fully saturated rings. The van der Waals surface area contributed by atoms with Crippen LogP contribution >= 0.6 is 22.7 Å². The van der Waals surface area contributed by atoms with Crippen LogP contribution in [0.15, 0.2) is 65.0 Å².